The Morgan fingerprint density at radius 1 is 0.345 bits per heavy atom. The molecule has 9 rings (SSSR count). The lowest BCUT2D eigenvalue weighted by Crippen LogP contribution is -2.37. The molecule has 4 heteroatoms. The van der Waals surface area contributed by atoms with E-state index in [1.165, 1.54) is 33.0 Å². The fraction of sp³-hybridized carbons (Fsp3) is 0.118. The molecule has 7 aromatic carbocycles. The quantitative estimate of drug-likeness (QED) is 0.154. The van der Waals surface area contributed by atoms with Crippen LogP contribution in [0.4, 0.5) is 0 Å². The Balaban J connectivity index is 1.20. The molecule has 0 unspecified atom stereocenters. The summed E-state index contributed by atoms with van der Waals surface area (Å²) in [5.74, 6) is 1.96. The van der Waals surface area contributed by atoms with Gasteiger partial charge in [0, 0.05) is 22.1 Å². The molecule has 0 aliphatic heterocycles. The molecule has 0 atom stereocenters. The van der Waals surface area contributed by atoms with Crippen molar-refractivity contribution in [2.75, 3.05) is 0 Å². The molecule has 0 N–H and O–H groups in total. The molecular weight excluding hydrogens is 683 g/mol. The van der Waals surface area contributed by atoms with Crippen molar-refractivity contribution in [3.8, 4) is 78.7 Å². The minimum Gasteiger partial charge on any atom is -0.208 e. The molecule has 0 bridgehead atoms. The Hall–Kier alpha value is -6.23. The van der Waals surface area contributed by atoms with Gasteiger partial charge in [-0.3, -0.25) is 0 Å². The van der Waals surface area contributed by atoms with Crippen LogP contribution in [0.5, 0.6) is 0 Å². The third-order valence-electron chi connectivity index (χ3n) is 11.1. The van der Waals surface area contributed by atoms with Crippen LogP contribution in [-0.2, 0) is 5.41 Å². The minimum atomic E-state index is -1.49. The molecule has 0 radical (unpaired) electrons. The van der Waals surface area contributed by atoms with Gasteiger partial charge in [-0.2, -0.15) is 0 Å². The first-order valence-electron chi connectivity index (χ1n) is 19.1. The Morgan fingerprint density at radius 2 is 0.800 bits per heavy atom. The van der Waals surface area contributed by atoms with Crippen LogP contribution < -0.4 is 5.19 Å². The molecule has 0 saturated heterocycles. The van der Waals surface area contributed by atoms with Crippen molar-refractivity contribution in [1.29, 1.82) is 0 Å². The van der Waals surface area contributed by atoms with Gasteiger partial charge in [-0.15, -0.1) is 0 Å². The fourth-order valence-corrected chi connectivity index (χ4v) is 9.12. The predicted molar refractivity (Wildman–Crippen MR) is 233 cm³/mol. The van der Waals surface area contributed by atoms with Gasteiger partial charge in [0.15, 0.2) is 17.5 Å². The highest BCUT2D eigenvalue weighted by molar-refractivity contribution is 6.88. The lowest BCUT2D eigenvalue weighted by molar-refractivity contribution is 0.660. The molecule has 266 valence electrons. The van der Waals surface area contributed by atoms with Crippen molar-refractivity contribution >= 4 is 13.3 Å². The monoisotopic (exact) mass is 725 g/mol. The topological polar surface area (TPSA) is 38.7 Å². The van der Waals surface area contributed by atoms with Crippen LogP contribution in [0.25, 0.3) is 78.7 Å². The highest BCUT2D eigenvalue weighted by Crippen LogP contribution is 2.49. The van der Waals surface area contributed by atoms with Crippen LogP contribution in [0.3, 0.4) is 0 Å². The normalized spacial score (nSPS) is 13.0. The average Bonchev–Trinajstić information content (AvgIpc) is 3.46. The second-order valence-electron chi connectivity index (χ2n) is 16.2. The highest BCUT2D eigenvalue weighted by Gasteiger charge is 2.35. The lowest BCUT2D eigenvalue weighted by Gasteiger charge is -2.22. The van der Waals surface area contributed by atoms with Crippen LogP contribution in [0.2, 0.25) is 19.6 Å². The summed E-state index contributed by atoms with van der Waals surface area (Å²) in [4.78, 5) is 15.6. The van der Waals surface area contributed by atoms with E-state index in [0.29, 0.717) is 17.5 Å². The van der Waals surface area contributed by atoms with Gasteiger partial charge >= 0.3 is 0 Å². The first-order chi connectivity index (χ1) is 26.6. The summed E-state index contributed by atoms with van der Waals surface area (Å²) in [5.41, 5.74) is 15.0. The Kier molecular flexibility index (Phi) is 8.51. The number of aromatic nitrogens is 3. The number of hydrogen-bond donors (Lipinski definition) is 0. The molecule has 1 aliphatic rings. The van der Waals surface area contributed by atoms with Crippen LogP contribution in [0.15, 0.2) is 170 Å². The maximum atomic E-state index is 5.25. The number of rotatable bonds is 7. The Morgan fingerprint density at radius 3 is 1.44 bits per heavy atom. The first kappa shape index (κ1) is 34.5. The summed E-state index contributed by atoms with van der Waals surface area (Å²) < 4.78 is 0. The molecule has 1 aliphatic carbocycles. The fourth-order valence-electron chi connectivity index (χ4n) is 7.96. The number of nitrogens with zero attached hydrogens (tertiary/aromatic N) is 3. The summed E-state index contributed by atoms with van der Waals surface area (Å²) in [6.45, 7) is 11.8. The zero-order chi connectivity index (χ0) is 37.7. The molecule has 1 heterocycles. The minimum absolute atomic E-state index is 0.0739. The van der Waals surface area contributed by atoms with Gasteiger partial charge in [0.1, 0.15) is 0 Å². The molecule has 8 aromatic rings. The maximum absolute atomic E-state index is 5.25. The second kappa shape index (κ2) is 13.6. The Labute approximate surface area is 325 Å². The molecule has 0 spiro atoms. The van der Waals surface area contributed by atoms with E-state index in [1.54, 1.807) is 0 Å². The summed E-state index contributed by atoms with van der Waals surface area (Å²) in [7, 11) is -1.49. The molecule has 55 heavy (non-hydrogen) atoms. The maximum Gasteiger partial charge on any atom is 0.164 e. The van der Waals surface area contributed by atoms with E-state index in [4.69, 9.17) is 15.0 Å². The van der Waals surface area contributed by atoms with Gasteiger partial charge in [-0.25, -0.2) is 15.0 Å². The molecular formula is C51H43N3Si. The van der Waals surface area contributed by atoms with E-state index in [0.717, 1.165) is 44.5 Å². The van der Waals surface area contributed by atoms with E-state index in [2.05, 4.69) is 203 Å². The molecule has 3 nitrogen and oxygen atoms in total. The highest BCUT2D eigenvalue weighted by atomic mass is 28.3. The standard InChI is InChI=1S/C51H43N3Si/c1-51(2)46-22-13-12-21-44(46)45-28-25-38(33-47(45)51)37-19-14-20-39(29-37)49-52-48(36-23-26-43(27-24-36)55(3,4)5)53-50(54-49)42-31-40(34-15-8-6-9-16-34)30-41(32-42)35-17-10-7-11-18-35/h6-33H,1-5H3. The lowest BCUT2D eigenvalue weighted by atomic mass is 9.81. The van der Waals surface area contributed by atoms with Gasteiger partial charge < -0.3 is 0 Å². The van der Waals surface area contributed by atoms with Crippen molar-refractivity contribution in [3.63, 3.8) is 0 Å². The van der Waals surface area contributed by atoms with Crippen molar-refractivity contribution in [2.24, 2.45) is 0 Å². The predicted octanol–water partition coefficient (Wildman–Crippen LogP) is 12.7. The van der Waals surface area contributed by atoms with Gasteiger partial charge in [0.05, 0.1) is 8.07 Å². The average molecular weight is 726 g/mol. The van der Waals surface area contributed by atoms with Crippen molar-refractivity contribution in [1.82, 2.24) is 15.0 Å². The van der Waals surface area contributed by atoms with E-state index >= 15 is 0 Å². The molecule has 0 fully saturated rings. The second-order valence-corrected chi connectivity index (χ2v) is 21.3. The van der Waals surface area contributed by atoms with Crippen molar-refractivity contribution < 1.29 is 0 Å². The third-order valence-corrected chi connectivity index (χ3v) is 13.2. The van der Waals surface area contributed by atoms with Crippen LogP contribution in [-0.4, -0.2) is 23.0 Å². The number of hydrogen-bond acceptors (Lipinski definition) is 3. The van der Waals surface area contributed by atoms with Crippen LogP contribution in [0, 0.1) is 0 Å². The van der Waals surface area contributed by atoms with Gasteiger partial charge in [-0.1, -0.05) is 178 Å². The molecule has 1 aromatic heterocycles. The molecule has 0 amide bonds. The van der Waals surface area contributed by atoms with Gasteiger partial charge in [0.2, 0.25) is 0 Å². The summed E-state index contributed by atoms with van der Waals surface area (Å²) >= 11 is 0. The summed E-state index contributed by atoms with van der Waals surface area (Å²) in [6.07, 6.45) is 0. The van der Waals surface area contributed by atoms with E-state index in [-0.39, 0.29) is 5.41 Å². The number of benzene rings is 7. The van der Waals surface area contributed by atoms with E-state index in [9.17, 15) is 0 Å². The van der Waals surface area contributed by atoms with Crippen molar-refractivity contribution in [3.05, 3.63) is 181 Å². The van der Waals surface area contributed by atoms with Gasteiger partial charge in [0.25, 0.3) is 0 Å². The first-order valence-corrected chi connectivity index (χ1v) is 22.6. The zero-order valence-electron chi connectivity index (χ0n) is 32.0. The van der Waals surface area contributed by atoms with Gasteiger partial charge in [-0.05, 0) is 86.0 Å². The van der Waals surface area contributed by atoms with E-state index < -0.39 is 8.07 Å². The SMILES string of the molecule is CC1(C)c2ccccc2-c2ccc(-c3cccc(-c4nc(-c5ccc([Si](C)(C)C)cc5)nc(-c5cc(-c6ccccc6)cc(-c6ccccc6)c5)n4)c3)cc21. The largest absolute Gasteiger partial charge is 0.208 e. The summed E-state index contributed by atoms with van der Waals surface area (Å²) in [5, 5.41) is 1.40. The van der Waals surface area contributed by atoms with E-state index in [1.807, 2.05) is 0 Å². The van der Waals surface area contributed by atoms with Crippen LogP contribution in [0.1, 0.15) is 25.0 Å². The molecule has 0 saturated carbocycles. The number of fused-ring (bicyclic) bond motifs is 3. The third kappa shape index (κ3) is 6.53. The van der Waals surface area contributed by atoms with Crippen LogP contribution >= 0.6 is 0 Å². The smallest absolute Gasteiger partial charge is 0.164 e. The Bertz CT molecular complexity index is 2630. The zero-order valence-corrected chi connectivity index (χ0v) is 33.0. The van der Waals surface area contributed by atoms with Crippen molar-refractivity contribution in [2.45, 2.75) is 38.9 Å². The summed E-state index contributed by atoms with van der Waals surface area (Å²) in [6, 6.07) is 61.0.